The minimum absolute atomic E-state index is 0.0509. The Hall–Kier alpha value is -4.56. The van der Waals surface area contributed by atoms with E-state index >= 15 is 0 Å². The number of carbonyl (C=O) groups is 2. The highest BCUT2D eigenvalue weighted by molar-refractivity contribution is 7.90. The fourth-order valence-corrected chi connectivity index (χ4v) is 5.26. The Morgan fingerprint density at radius 2 is 1.66 bits per heavy atom. The van der Waals surface area contributed by atoms with Crippen molar-refractivity contribution < 1.29 is 35.9 Å². The second-order valence-electron chi connectivity index (χ2n) is 9.79. The first-order chi connectivity index (χ1) is 20.6. The van der Waals surface area contributed by atoms with Gasteiger partial charge in [-0.25, -0.2) is 17.9 Å². The van der Waals surface area contributed by atoms with Crippen molar-refractivity contribution in [1.82, 2.24) is 14.5 Å². The number of aryl methyl sites for hydroxylation is 3. The van der Waals surface area contributed by atoms with Gasteiger partial charge in [0.15, 0.2) is 5.69 Å². The summed E-state index contributed by atoms with van der Waals surface area (Å²) in [4.78, 5) is 24.8. The molecular weight excluding hydrogens is 623 g/mol. The fraction of sp³-hybridized carbons (Fsp3) is 0.207. The van der Waals surface area contributed by atoms with E-state index in [1.807, 2.05) is 4.72 Å². The van der Waals surface area contributed by atoms with E-state index in [0.29, 0.717) is 16.8 Å². The third kappa shape index (κ3) is 8.08. The zero-order valence-corrected chi connectivity index (χ0v) is 25.2. The van der Waals surface area contributed by atoms with Crippen molar-refractivity contribution in [2.24, 2.45) is 7.05 Å². The van der Waals surface area contributed by atoms with Gasteiger partial charge in [-0.3, -0.25) is 9.48 Å². The summed E-state index contributed by atoms with van der Waals surface area (Å²) < 4.78 is 73.7. The number of benzene rings is 3. The van der Waals surface area contributed by atoms with Gasteiger partial charge in [0.1, 0.15) is 0 Å². The van der Waals surface area contributed by atoms with Crippen molar-refractivity contribution in [1.29, 1.82) is 0 Å². The Morgan fingerprint density at radius 3 is 2.25 bits per heavy atom. The summed E-state index contributed by atoms with van der Waals surface area (Å²) in [7, 11) is -2.47. The molecule has 0 saturated carbocycles. The van der Waals surface area contributed by atoms with Gasteiger partial charge in [0.05, 0.1) is 33.5 Å². The molecule has 0 saturated heterocycles. The number of carbonyl (C=O) groups excluding carboxylic acids is 2. The molecule has 1 heterocycles. The van der Waals surface area contributed by atoms with Crippen LogP contribution in [0.4, 0.5) is 35.0 Å². The van der Waals surface area contributed by atoms with Gasteiger partial charge in [-0.15, -0.1) is 0 Å². The maximum absolute atomic E-state index is 13.6. The predicted octanol–water partition coefficient (Wildman–Crippen LogP) is 6.36. The zero-order valence-electron chi connectivity index (χ0n) is 23.6. The Labute approximate surface area is 256 Å². The quantitative estimate of drug-likeness (QED) is 0.192. The van der Waals surface area contributed by atoms with Crippen molar-refractivity contribution in [3.63, 3.8) is 0 Å². The molecule has 44 heavy (non-hydrogen) atoms. The molecule has 15 heteroatoms. The number of sulfonamides is 1. The lowest BCUT2D eigenvalue weighted by molar-refractivity contribution is -0.137. The number of aromatic nitrogens is 2. The maximum Gasteiger partial charge on any atom is 0.421 e. The summed E-state index contributed by atoms with van der Waals surface area (Å²) in [5.74, 6) is -0.701. The average molecular weight is 650 g/mol. The molecule has 3 N–H and O–H groups in total. The maximum atomic E-state index is 13.6. The van der Waals surface area contributed by atoms with E-state index in [1.54, 1.807) is 63.5 Å². The number of nitrogens with one attached hydrogen (secondary N) is 3. The number of alkyl halides is 3. The molecule has 3 aromatic carbocycles. The molecule has 0 aliphatic carbocycles. The molecule has 0 atom stereocenters. The van der Waals surface area contributed by atoms with Crippen molar-refractivity contribution in [2.75, 3.05) is 17.2 Å². The Balaban J connectivity index is 1.42. The lowest BCUT2D eigenvalue weighted by Crippen LogP contribution is -2.31. The first kappa shape index (κ1) is 32.4. The van der Waals surface area contributed by atoms with Gasteiger partial charge in [0.25, 0.3) is 15.9 Å². The van der Waals surface area contributed by atoms with Crippen LogP contribution in [0, 0.1) is 13.8 Å². The number of halogens is 4. The van der Waals surface area contributed by atoms with E-state index < -0.39 is 38.8 Å². The monoisotopic (exact) mass is 649 g/mol. The predicted molar refractivity (Wildman–Crippen MR) is 159 cm³/mol. The van der Waals surface area contributed by atoms with Crippen LogP contribution in [0.5, 0.6) is 0 Å². The highest BCUT2D eigenvalue weighted by Crippen LogP contribution is 2.40. The summed E-state index contributed by atoms with van der Waals surface area (Å²) in [5.41, 5.74) is 1.44. The van der Waals surface area contributed by atoms with E-state index in [1.165, 1.54) is 16.8 Å². The van der Waals surface area contributed by atoms with Gasteiger partial charge in [-0.05, 0) is 55.8 Å². The number of anilines is 3. The molecule has 0 unspecified atom stereocenters. The normalized spacial score (nSPS) is 11.6. The molecule has 0 radical (unpaired) electrons. The molecule has 0 fully saturated rings. The minimum atomic E-state index is -4.76. The van der Waals surface area contributed by atoms with Crippen LogP contribution in [0.1, 0.15) is 32.7 Å². The SMILES string of the molecule is Cc1ccc(S(=O)(=O)NC(=O)OCCc2ccc(Nc3cc(Cl)c(C(F)(F)F)cc3NC(=O)c3nn(C)cc3C)cc2)cc1. The molecule has 1 aromatic heterocycles. The van der Waals surface area contributed by atoms with E-state index in [2.05, 4.69) is 15.7 Å². The number of ether oxygens (including phenoxy) is 1. The molecular formula is C29H27ClF3N5O5S. The van der Waals surface area contributed by atoms with Crippen LogP contribution < -0.4 is 15.4 Å². The van der Waals surface area contributed by atoms with Crippen LogP contribution in [0.25, 0.3) is 0 Å². The lowest BCUT2D eigenvalue weighted by atomic mass is 10.1. The van der Waals surface area contributed by atoms with E-state index in [4.69, 9.17) is 16.3 Å². The molecule has 232 valence electrons. The Bertz CT molecular complexity index is 1790. The second kappa shape index (κ2) is 13.0. The smallest absolute Gasteiger partial charge is 0.421 e. The third-order valence-corrected chi connectivity index (χ3v) is 7.93. The van der Waals surface area contributed by atoms with Gasteiger partial charge in [0, 0.05) is 30.9 Å². The van der Waals surface area contributed by atoms with Crippen LogP contribution in [-0.2, 0) is 34.4 Å². The zero-order chi connectivity index (χ0) is 32.2. The first-order valence-corrected chi connectivity index (χ1v) is 14.8. The lowest BCUT2D eigenvalue weighted by Gasteiger charge is -2.17. The Kier molecular flexibility index (Phi) is 9.54. The van der Waals surface area contributed by atoms with Crippen molar-refractivity contribution in [3.05, 3.63) is 99.8 Å². The molecule has 0 aliphatic rings. The number of nitrogens with zero attached hydrogens (tertiary/aromatic N) is 2. The van der Waals surface area contributed by atoms with Crippen LogP contribution in [0.2, 0.25) is 5.02 Å². The molecule has 4 aromatic rings. The fourth-order valence-electron chi connectivity index (χ4n) is 4.10. The summed E-state index contributed by atoms with van der Waals surface area (Å²) >= 11 is 5.95. The standard InChI is InChI=1S/C29H27ClF3N5O5S/c1-17-4-10-21(11-5-17)44(41,42)37-28(40)43-13-12-19-6-8-20(9-7-19)34-25-15-23(30)22(29(31,32)33)14-24(25)35-27(39)26-18(2)16-38(3)36-26/h4-11,14-16,34H,12-13H2,1-3H3,(H,35,39)(H,37,40). The second-order valence-corrected chi connectivity index (χ2v) is 11.9. The summed E-state index contributed by atoms with van der Waals surface area (Å²) in [6.07, 6.45) is -4.04. The highest BCUT2D eigenvalue weighted by atomic mass is 35.5. The molecule has 0 spiro atoms. The van der Waals surface area contributed by atoms with E-state index in [-0.39, 0.29) is 35.0 Å². The molecule has 0 bridgehead atoms. The van der Waals surface area contributed by atoms with Crippen LogP contribution in [0.15, 0.2) is 71.8 Å². The minimum Gasteiger partial charge on any atom is -0.448 e. The molecule has 0 aliphatic heterocycles. The van der Waals surface area contributed by atoms with E-state index in [0.717, 1.165) is 17.7 Å². The number of amides is 2. The first-order valence-electron chi connectivity index (χ1n) is 13.0. The van der Waals surface area contributed by atoms with Gasteiger partial charge in [0.2, 0.25) is 0 Å². The van der Waals surface area contributed by atoms with Crippen LogP contribution in [0.3, 0.4) is 0 Å². The molecule has 10 nitrogen and oxygen atoms in total. The molecule has 2 amide bonds. The third-order valence-electron chi connectivity index (χ3n) is 6.29. The van der Waals surface area contributed by atoms with Crippen molar-refractivity contribution in [2.45, 2.75) is 31.3 Å². The summed E-state index contributed by atoms with van der Waals surface area (Å²) in [6, 6.07) is 14.4. The largest absolute Gasteiger partial charge is 0.448 e. The highest BCUT2D eigenvalue weighted by Gasteiger charge is 2.34. The van der Waals surface area contributed by atoms with Gasteiger partial charge in [-0.1, -0.05) is 41.4 Å². The van der Waals surface area contributed by atoms with Gasteiger partial charge < -0.3 is 15.4 Å². The summed E-state index contributed by atoms with van der Waals surface area (Å²) in [6.45, 7) is 3.32. The topological polar surface area (TPSA) is 131 Å². The number of hydrogen-bond donors (Lipinski definition) is 3. The average Bonchev–Trinajstić information content (AvgIpc) is 3.28. The van der Waals surface area contributed by atoms with Crippen molar-refractivity contribution >= 4 is 50.7 Å². The number of hydrogen-bond acceptors (Lipinski definition) is 7. The molecule has 4 rings (SSSR count). The number of rotatable bonds is 9. The van der Waals surface area contributed by atoms with E-state index in [9.17, 15) is 31.2 Å². The summed E-state index contributed by atoms with van der Waals surface area (Å²) in [5, 5.41) is 8.94. The van der Waals surface area contributed by atoms with Crippen molar-refractivity contribution in [3.8, 4) is 0 Å². The van der Waals surface area contributed by atoms with Gasteiger partial charge >= 0.3 is 12.3 Å². The Morgan fingerprint density at radius 1 is 1.00 bits per heavy atom. The van der Waals surface area contributed by atoms with Crippen LogP contribution >= 0.6 is 11.6 Å². The van der Waals surface area contributed by atoms with Gasteiger partial charge in [-0.2, -0.15) is 18.3 Å². The van der Waals surface area contributed by atoms with Crippen LogP contribution in [-0.4, -0.2) is 36.8 Å².